The first-order valence-electron chi connectivity index (χ1n) is 8.93. The highest BCUT2D eigenvalue weighted by molar-refractivity contribution is 5.94. The molecule has 0 aromatic carbocycles. The lowest BCUT2D eigenvalue weighted by Gasteiger charge is -2.32. The van der Waals surface area contributed by atoms with Gasteiger partial charge in [0, 0.05) is 31.9 Å². The van der Waals surface area contributed by atoms with Crippen molar-refractivity contribution in [2.75, 3.05) is 38.1 Å². The van der Waals surface area contributed by atoms with Gasteiger partial charge in [0.15, 0.2) is 0 Å². The van der Waals surface area contributed by atoms with Gasteiger partial charge in [0.1, 0.15) is 5.82 Å². The van der Waals surface area contributed by atoms with Crippen molar-refractivity contribution >= 4 is 11.7 Å². The largest absolute Gasteiger partial charge is 0.357 e. The Morgan fingerprint density at radius 1 is 1.22 bits per heavy atom. The summed E-state index contributed by atoms with van der Waals surface area (Å²) in [6.07, 6.45) is 9.06. The summed E-state index contributed by atoms with van der Waals surface area (Å²) in [7, 11) is 2.19. The van der Waals surface area contributed by atoms with Crippen molar-refractivity contribution in [1.29, 1.82) is 0 Å². The minimum absolute atomic E-state index is 0.0102. The summed E-state index contributed by atoms with van der Waals surface area (Å²) in [5, 5.41) is 3.04. The van der Waals surface area contributed by atoms with Gasteiger partial charge in [-0.25, -0.2) is 4.98 Å². The zero-order valence-corrected chi connectivity index (χ0v) is 14.1. The second-order valence-electron chi connectivity index (χ2n) is 6.77. The maximum absolute atomic E-state index is 12.2. The fourth-order valence-electron chi connectivity index (χ4n) is 3.62. The molecular formula is C18H28N4O. The molecule has 3 heterocycles. The number of anilines is 1. The fourth-order valence-corrected chi connectivity index (χ4v) is 3.62. The SMILES string of the molecule is CN1CCCCC1CCNC(=O)c1ccc(N2CCCC2)nc1. The van der Waals surface area contributed by atoms with Crippen molar-refractivity contribution in [3.63, 3.8) is 0 Å². The van der Waals surface area contributed by atoms with Crippen molar-refractivity contribution in [3.8, 4) is 0 Å². The van der Waals surface area contributed by atoms with Crippen LogP contribution in [0.25, 0.3) is 0 Å². The first-order chi connectivity index (χ1) is 11.2. The summed E-state index contributed by atoms with van der Waals surface area (Å²) in [6.45, 7) is 4.07. The lowest BCUT2D eigenvalue weighted by molar-refractivity contribution is 0.0945. The third-order valence-electron chi connectivity index (χ3n) is 5.12. The lowest BCUT2D eigenvalue weighted by Crippen LogP contribution is -2.39. The number of amides is 1. The van der Waals surface area contributed by atoms with E-state index >= 15 is 0 Å². The van der Waals surface area contributed by atoms with E-state index < -0.39 is 0 Å². The molecule has 1 atom stereocenters. The van der Waals surface area contributed by atoms with E-state index in [2.05, 4.69) is 27.1 Å². The topological polar surface area (TPSA) is 48.5 Å². The molecule has 1 unspecified atom stereocenters. The van der Waals surface area contributed by atoms with Crippen LogP contribution in [0.2, 0.25) is 0 Å². The van der Waals surface area contributed by atoms with Gasteiger partial charge in [0.2, 0.25) is 0 Å². The monoisotopic (exact) mass is 316 g/mol. The van der Waals surface area contributed by atoms with E-state index in [1.165, 1.54) is 38.6 Å². The first kappa shape index (κ1) is 16.2. The fraction of sp³-hybridized carbons (Fsp3) is 0.667. The van der Waals surface area contributed by atoms with Gasteiger partial charge < -0.3 is 15.1 Å². The van der Waals surface area contributed by atoms with E-state index in [1.54, 1.807) is 6.20 Å². The number of rotatable bonds is 5. The van der Waals surface area contributed by atoms with Crippen LogP contribution >= 0.6 is 0 Å². The number of piperidine rings is 1. The lowest BCUT2D eigenvalue weighted by atomic mass is 10.0. The Balaban J connectivity index is 1.46. The minimum atomic E-state index is -0.0102. The Kier molecular flexibility index (Phi) is 5.49. The van der Waals surface area contributed by atoms with Crippen LogP contribution < -0.4 is 10.2 Å². The van der Waals surface area contributed by atoms with Crippen molar-refractivity contribution in [3.05, 3.63) is 23.9 Å². The van der Waals surface area contributed by atoms with Crippen LogP contribution in [0, 0.1) is 0 Å². The molecule has 2 aliphatic heterocycles. The molecule has 1 aromatic rings. The van der Waals surface area contributed by atoms with Gasteiger partial charge >= 0.3 is 0 Å². The van der Waals surface area contributed by atoms with Gasteiger partial charge in [0.05, 0.1) is 5.56 Å². The molecule has 0 spiro atoms. The molecule has 0 saturated carbocycles. The molecule has 5 nitrogen and oxygen atoms in total. The number of aromatic nitrogens is 1. The predicted octanol–water partition coefficient (Wildman–Crippen LogP) is 2.29. The molecule has 1 aromatic heterocycles. The standard InChI is InChI=1S/C18H28N4O/c1-21-11-3-2-6-16(21)9-10-19-18(23)15-7-8-17(20-14-15)22-12-4-5-13-22/h7-8,14,16H,2-6,9-13H2,1H3,(H,19,23). The number of likely N-dealkylation sites (tertiary alicyclic amines) is 1. The van der Waals surface area contributed by atoms with Crippen LogP contribution in [-0.2, 0) is 0 Å². The average Bonchev–Trinajstić information content (AvgIpc) is 3.11. The zero-order chi connectivity index (χ0) is 16.1. The van der Waals surface area contributed by atoms with Crippen molar-refractivity contribution < 1.29 is 4.79 Å². The van der Waals surface area contributed by atoms with Crippen molar-refractivity contribution in [2.24, 2.45) is 0 Å². The maximum Gasteiger partial charge on any atom is 0.252 e. The minimum Gasteiger partial charge on any atom is -0.357 e. The van der Waals surface area contributed by atoms with Gasteiger partial charge in [-0.3, -0.25) is 4.79 Å². The second kappa shape index (κ2) is 7.77. The number of carbonyl (C=O) groups is 1. The summed E-state index contributed by atoms with van der Waals surface area (Å²) in [5.74, 6) is 0.979. The molecule has 0 aliphatic carbocycles. The molecule has 23 heavy (non-hydrogen) atoms. The highest BCUT2D eigenvalue weighted by Crippen LogP contribution is 2.18. The predicted molar refractivity (Wildman–Crippen MR) is 92.9 cm³/mol. The second-order valence-corrected chi connectivity index (χ2v) is 6.77. The highest BCUT2D eigenvalue weighted by Gasteiger charge is 2.19. The molecule has 0 bridgehead atoms. The summed E-state index contributed by atoms with van der Waals surface area (Å²) in [4.78, 5) is 21.4. The number of carbonyl (C=O) groups excluding carboxylic acids is 1. The van der Waals surface area contributed by atoms with Crippen molar-refractivity contribution in [1.82, 2.24) is 15.2 Å². The van der Waals surface area contributed by atoms with Gasteiger partial charge in [-0.05, 0) is 57.8 Å². The van der Waals surface area contributed by atoms with Crippen LogP contribution in [0.4, 0.5) is 5.82 Å². The Morgan fingerprint density at radius 2 is 2.00 bits per heavy atom. The molecule has 1 amide bonds. The molecule has 2 saturated heterocycles. The Bertz CT molecular complexity index is 510. The Labute approximate surface area is 139 Å². The Morgan fingerprint density at radius 3 is 2.70 bits per heavy atom. The Hall–Kier alpha value is -1.62. The van der Waals surface area contributed by atoms with Crippen molar-refractivity contribution in [2.45, 2.75) is 44.6 Å². The van der Waals surface area contributed by atoms with E-state index in [0.717, 1.165) is 31.9 Å². The van der Waals surface area contributed by atoms with E-state index in [4.69, 9.17) is 0 Å². The summed E-state index contributed by atoms with van der Waals surface area (Å²) in [5.41, 5.74) is 0.657. The summed E-state index contributed by atoms with van der Waals surface area (Å²) in [6, 6.07) is 4.47. The van der Waals surface area contributed by atoms with E-state index in [-0.39, 0.29) is 5.91 Å². The molecule has 2 fully saturated rings. The third kappa shape index (κ3) is 4.22. The van der Waals surface area contributed by atoms with Gasteiger partial charge in [0.25, 0.3) is 5.91 Å². The van der Waals surface area contributed by atoms with Crippen LogP contribution in [0.3, 0.4) is 0 Å². The number of hydrogen-bond acceptors (Lipinski definition) is 4. The normalized spacial score (nSPS) is 22.3. The van der Waals surface area contributed by atoms with Gasteiger partial charge in [-0.1, -0.05) is 6.42 Å². The van der Waals surface area contributed by atoms with Crippen LogP contribution in [-0.4, -0.2) is 55.1 Å². The summed E-state index contributed by atoms with van der Waals surface area (Å²) < 4.78 is 0. The number of nitrogens with zero attached hydrogens (tertiary/aromatic N) is 3. The molecule has 2 aliphatic rings. The number of hydrogen-bond donors (Lipinski definition) is 1. The van der Waals surface area contributed by atoms with E-state index in [0.29, 0.717) is 11.6 Å². The smallest absolute Gasteiger partial charge is 0.252 e. The molecule has 3 rings (SSSR count). The molecular weight excluding hydrogens is 288 g/mol. The number of pyridine rings is 1. The van der Waals surface area contributed by atoms with Crippen LogP contribution in [0.5, 0.6) is 0 Å². The van der Waals surface area contributed by atoms with Crippen LogP contribution in [0.15, 0.2) is 18.3 Å². The quantitative estimate of drug-likeness (QED) is 0.905. The van der Waals surface area contributed by atoms with Crippen LogP contribution in [0.1, 0.15) is 48.9 Å². The molecule has 1 N–H and O–H groups in total. The van der Waals surface area contributed by atoms with E-state index in [9.17, 15) is 4.79 Å². The molecule has 126 valence electrons. The first-order valence-corrected chi connectivity index (χ1v) is 8.93. The number of nitrogens with one attached hydrogen (secondary N) is 1. The van der Waals surface area contributed by atoms with Gasteiger partial charge in [-0.2, -0.15) is 0 Å². The molecule has 0 radical (unpaired) electrons. The molecule has 5 heteroatoms. The van der Waals surface area contributed by atoms with E-state index in [1.807, 2.05) is 12.1 Å². The third-order valence-corrected chi connectivity index (χ3v) is 5.12. The van der Waals surface area contributed by atoms with Gasteiger partial charge in [-0.15, -0.1) is 0 Å². The summed E-state index contributed by atoms with van der Waals surface area (Å²) >= 11 is 0. The highest BCUT2D eigenvalue weighted by atomic mass is 16.1. The maximum atomic E-state index is 12.2. The average molecular weight is 316 g/mol. The zero-order valence-electron chi connectivity index (χ0n) is 14.1.